The number of aromatic nitrogens is 2. The zero-order valence-electron chi connectivity index (χ0n) is 13.7. The maximum Gasteiger partial charge on any atom is 0.356 e. The second kappa shape index (κ2) is 6.18. The van der Waals surface area contributed by atoms with Crippen LogP contribution >= 0.6 is 0 Å². The largest absolute Gasteiger partial charge is 0.476 e. The fraction of sp³-hybridized carbons (Fsp3) is 0.111. The fourth-order valence-corrected chi connectivity index (χ4v) is 3.08. The van der Waals surface area contributed by atoms with E-state index in [1.165, 1.54) is 18.2 Å². The normalized spacial score (nSPS) is 11.4. The quantitative estimate of drug-likeness (QED) is 0.776. The predicted molar refractivity (Wildman–Crippen MR) is 93.8 cm³/mol. The molecular weight excluding hydrogens is 340 g/mol. The van der Waals surface area contributed by atoms with Crippen LogP contribution in [0.15, 0.2) is 59.5 Å². The van der Waals surface area contributed by atoms with E-state index in [-0.39, 0.29) is 10.6 Å². The first kappa shape index (κ1) is 16.9. The summed E-state index contributed by atoms with van der Waals surface area (Å²) < 4.78 is 24.7. The van der Waals surface area contributed by atoms with Crippen molar-refractivity contribution in [1.29, 1.82) is 0 Å². The van der Waals surface area contributed by atoms with E-state index >= 15 is 0 Å². The molecule has 2 aromatic carbocycles. The molecule has 7 heteroatoms. The van der Waals surface area contributed by atoms with Gasteiger partial charge in [-0.3, -0.25) is 0 Å². The highest BCUT2D eigenvalue weighted by Crippen LogP contribution is 2.25. The van der Waals surface area contributed by atoms with E-state index in [1.54, 1.807) is 16.8 Å². The maximum absolute atomic E-state index is 11.6. The van der Waals surface area contributed by atoms with Crippen molar-refractivity contribution in [2.45, 2.75) is 11.8 Å². The highest BCUT2D eigenvalue weighted by molar-refractivity contribution is 7.90. The molecule has 6 nitrogen and oxygen atoms in total. The molecule has 0 unspecified atom stereocenters. The van der Waals surface area contributed by atoms with Crippen LogP contribution in [0.3, 0.4) is 0 Å². The molecule has 1 heterocycles. The fourth-order valence-electron chi connectivity index (χ4n) is 2.45. The first-order valence-corrected chi connectivity index (χ1v) is 9.36. The first-order chi connectivity index (χ1) is 11.8. The molecule has 0 atom stereocenters. The number of rotatable bonds is 4. The summed E-state index contributed by atoms with van der Waals surface area (Å²) in [6, 6.07) is 15.3. The zero-order valence-corrected chi connectivity index (χ0v) is 14.5. The summed E-state index contributed by atoms with van der Waals surface area (Å²) in [5.41, 5.74) is 2.96. The molecule has 0 amide bonds. The number of hydrogen-bond donors (Lipinski definition) is 1. The van der Waals surface area contributed by atoms with Gasteiger partial charge in [0.2, 0.25) is 0 Å². The highest BCUT2D eigenvalue weighted by Gasteiger charge is 2.16. The third kappa shape index (κ3) is 3.46. The van der Waals surface area contributed by atoms with Gasteiger partial charge in [0.25, 0.3) is 0 Å². The van der Waals surface area contributed by atoms with E-state index in [9.17, 15) is 18.3 Å². The van der Waals surface area contributed by atoms with Crippen LogP contribution in [0, 0.1) is 6.92 Å². The summed E-state index contributed by atoms with van der Waals surface area (Å²) in [4.78, 5) is 11.5. The Hall–Kier alpha value is -2.93. The molecule has 0 saturated carbocycles. The number of carbonyl (C=O) groups is 1. The lowest BCUT2D eigenvalue weighted by Gasteiger charge is -2.08. The van der Waals surface area contributed by atoms with Gasteiger partial charge in [0.05, 0.1) is 16.3 Å². The number of sulfone groups is 1. The molecule has 3 rings (SSSR count). The van der Waals surface area contributed by atoms with E-state index < -0.39 is 15.8 Å². The average Bonchev–Trinajstić information content (AvgIpc) is 3.00. The summed E-state index contributed by atoms with van der Waals surface area (Å²) in [5, 5.41) is 13.4. The Morgan fingerprint density at radius 3 is 2.16 bits per heavy atom. The van der Waals surface area contributed by atoms with Gasteiger partial charge in [-0.1, -0.05) is 29.8 Å². The smallest absolute Gasteiger partial charge is 0.356 e. The molecule has 1 N–H and O–H groups in total. The van der Waals surface area contributed by atoms with Gasteiger partial charge >= 0.3 is 5.97 Å². The van der Waals surface area contributed by atoms with Crippen molar-refractivity contribution in [3.8, 4) is 16.9 Å². The second-order valence-corrected chi connectivity index (χ2v) is 7.78. The molecule has 0 saturated heterocycles. The van der Waals surface area contributed by atoms with Crippen molar-refractivity contribution in [2.75, 3.05) is 6.26 Å². The topological polar surface area (TPSA) is 89.3 Å². The summed E-state index contributed by atoms with van der Waals surface area (Å²) in [7, 11) is -3.29. The number of nitrogens with zero attached hydrogens (tertiary/aromatic N) is 2. The van der Waals surface area contributed by atoms with Gasteiger partial charge in [0.1, 0.15) is 0 Å². The minimum absolute atomic E-state index is 0.0808. The van der Waals surface area contributed by atoms with Gasteiger partial charge in [0.15, 0.2) is 15.5 Å². The minimum atomic E-state index is -3.29. The summed E-state index contributed by atoms with van der Waals surface area (Å²) >= 11 is 0. The van der Waals surface area contributed by atoms with Crippen molar-refractivity contribution >= 4 is 15.8 Å². The van der Waals surface area contributed by atoms with Crippen molar-refractivity contribution in [1.82, 2.24) is 9.78 Å². The monoisotopic (exact) mass is 356 g/mol. The number of benzene rings is 2. The molecule has 128 valence electrons. The molecule has 0 bridgehead atoms. The number of carboxylic acid groups (broad SMARTS) is 1. The first-order valence-electron chi connectivity index (χ1n) is 7.46. The van der Waals surface area contributed by atoms with E-state index in [0.29, 0.717) is 11.3 Å². The number of carboxylic acids is 1. The van der Waals surface area contributed by atoms with Gasteiger partial charge in [-0.25, -0.2) is 17.9 Å². The van der Waals surface area contributed by atoms with Crippen molar-refractivity contribution < 1.29 is 18.3 Å². The number of hydrogen-bond acceptors (Lipinski definition) is 4. The Bertz CT molecular complexity index is 1030. The molecule has 3 aromatic rings. The van der Waals surface area contributed by atoms with Crippen LogP contribution in [0.1, 0.15) is 16.1 Å². The van der Waals surface area contributed by atoms with Crippen LogP contribution in [0.25, 0.3) is 16.9 Å². The summed E-state index contributed by atoms with van der Waals surface area (Å²) in [6.45, 7) is 1.96. The van der Waals surface area contributed by atoms with E-state index in [1.807, 2.05) is 31.2 Å². The van der Waals surface area contributed by atoms with Crippen LogP contribution in [0.2, 0.25) is 0 Å². The number of aromatic carboxylic acids is 1. The van der Waals surface area contributed by atoms with E-state index in [2.05, 4.69) is 5.10 Å². The van der Waals surface area contributed by atoms with Crippen molar-refractivity contribution in [3.05, 3.63) is 65.9 Å². The molecule has 0 fully saturated rings. The predicted octanol–water partition coefficient (Wildman–Crippen LogP) is 2.95. The Kier molecular flexibility index (Phi) is 4.18. The minimum Gasteiger partial charge on any atom is -0.476 e. The molecule has 0 radical (unpaired) electrons. The van der Waals surface area contributed by atoms with Crippen molar-refractivity contribution in [3.63, 3.8) is 0 Å². The Morgan fingerprint density at radius 1 is 1.04 bits per heavy atom. The van der Waals surface area contributed by atoms with E-state index in [4.69, 9.17) is 0 Å². The Morgan fingerprint density at radius 2 is 1.64 bits per heavy atom. The lowest BCUT2D eigenvalue weighted by molar-refractivity contribution is 0.0690. The van der Waals surface area contributed by atoms with Gasteiger partial charge in [-0.05, 0) is 37.3 Å². The van der Waals surface area contributed by atoms with Gasteiger partial charge in [-0.15, -0.1) is 0 Å². The van der Waals surface area contributed by atoms with Crippen molar-refractivity contribution in [2.24, 2.45) is 0 Å². The number of aryl methyl sites for hydroxylation is 1. The molecule has 0 aliphatic heterocycles. The lowest BCUT2D eigenvalue weighted by atomic mass is 10.1. The molecule has 0 aliphatic carbocycles. The highest BCUT2D eigenvalue weighted by atomic mass is 32.2. The molecular formula is C18H16N2O4S. The third-order valence-corrected chi connectivity index (χ3v) is 4.91. The van der Waals surface area contributed by atoms with Gasteiger partial charge < -0.3 is 5.11 Å². The standard InChI is InChI=1S/C18H16N2O4S/c1-12-3-7-14(8-4-12)20-17(11-16(19-20)18(21)22)13-5-9-15(10-6-13)25(2,23)24/h3-11H,1-2H3,(H,21,22). The lowest BCUT2D eigenvalue weighted by Crippen LogP contribution is -2.02. The van der Waals surface area contributed by atoms with Crippen LogP contribution < -0.4 is 0 Å². The molecule has 25 heavy (non-hydrogen) atoms. The third-order valence-electron chi connectivity index (χ3n) is 3.79. The summed E-state index contributed by atoms with van der Waals surface area (Å²) in [5.74, 6) is -1.13. The Labute approximate surface area is 145 Å². The zero-order chi connectivity index (χ0) is 18.2. The Balaban J connectivity index is 2.14. The molecule has 1 aromatic heterocycles. The van der Waals surface area contributed by atoms with E-state index in [0.717, 1.165) is 17.5 Å². The second-order valence-electron chi connectivity index (χ2n) is 5.76. The van der Waals surface area contributed by atoms with Crippen LogP contribution in [-0.4, -0.2) is 35.5 Å². The van der Waals surface area contributed by atoms with Crippen LogP contribution in [-0.2, 0) is 9.84 Å². The maximum atomic E-state index is 11.6. The SMILES string of the molecule is Cc1ccc(-n2nc(C(=O)O)cc2-c2ccc(S(C)(=O)=O)cc2)cc1. The molecule has 0 aliphatic rings. The van der Waals surface area contributed by atoms with Gasteiger partial charge in [0, 0.05) is 11.8 Å². The summed E-state index contributed by atoms with van der Waals surface area (Å²) in [6.07, 6.45) is 1.14. The molecule has 0 spiro atoms. The van der Waals surface area contributed by atoms with Gasteiger partial charge in [-0.2, -0.15) is 5.10 Å². The van der Waals surface area contributed by atoms with Crippen LogP contribution in [0.4, 0.5) is 0 Å². The average molecular weight is 356 g/mol. The van der Waals surface area contributed by atoms with Crippen LogP contribution in [0.5, 0.6) is 0 Å².